The Bertz CT molecular complexity index is 475. The summed E-state index contributed by atoms with van der Waals surface area (Å²) in [4.78, 5) is 25.9. The highest BCUT2D eigenvalue weighted by molar-refractivity contribution is 8.01. The second-order valence-electron chi connectivity index (χ2n) is 3.32. The first kappa shape index (κ1) is 15.5. The normalized spacial score (nSPS) is 13.1. The third-order valence-corrected chi connectivity index (χ3v) is 2.98. The van der Waals surface area contributed by atoms with Crippen LogP contribution in [0.25, 0.3) is 0 Å². The Morgan fingerprint density at radius 2 is 2.11 bits per heavy atom. The molecule has 0 saturated carbocycles. The van der Waals surface area contributed by atoms with Gasteiger partial charge in [-0.05, 0) is 13.8 Å². The zero-order chi connectivity index (χ0) is 14.6. The first-order chi connectivity index (χ1) is 8.75. The number of carbonyl (C=O) groups excluding carboxylic acids is 2. The largest absolute Gasteiger partial charge is 0.465 e. The molecular formula is C9H10F3N3O3S. The van der Waals surface area contributed by atoms with E-state index in [0.717, 1.165) is 6.92 Å². The number of aromatic nitrogens is 3. The van der Waals surface area contributed by atoms with Gasteiger partial charge >= 0.3 is 12.1 Å². The second kappa shape index (κ2) is 6.04. The van der Waals surface area contributed by atoms with E-state index in [-0.39, 0.29) is 11.8 Å². The van der Waals surface area contributed by atoms with Gasteiger partial charge in [-0.25, -0.2) is 0 Å². The minimum Gasteiger partial charge on any atom is -0.465 e. The van der Waals surface area contributed by atoms with Crippen molar-refractivity contribution in [3.05, 3.63) is 5.82 Å². The molecular weight excluding hydrogens is 287 g/mol. The summed E-state index contributed by atoms with van der Waals surface area (Å²) in [6.45, 7) is 2.74. The molecule has 19 heavy (non-hydrogen) atoms. The van der Waals surface area contributed by atoms with Gasteiger partial charge in [0.1, 0.15) is 0 Å². The highest BCUT2D eigenvalue weighted by atomic mass is 32.2. The predicted octanol–water partition coefficient (Wildman–Crippen LogP) is 1.44. The number of hydrogen-bond donors (Lipinski definition) is 1. The van der Waals surface area contributed by atoms with Crippen molar-refractivity contribution in [2.45, 2.75) is 30.4 Å². The predicted molar refractivity (Wildman–Crippen MR) is 58.3 cm³/mol. The van der Waals surface area contributed by atoms with E-state index < -0.39 is 29.0 Å². The van der Waals surface area contributed by atoms with Crippen LogP contribution in [0.15, 0.2) is 5.16 Å². The number of H-pyrrole nitrogens is 1. The van der Waals surface area contributed by atoms with Crippen LogP contribution in [-0.2, 0) is 20.5 Å². The maximum Gasteiger partial charge on any atom is 0.451 e. The number of hydrogen-bond acceptors (Lipinski definition) is 6. The lowest BCUT2D eigenvalue weighted by Crippen LogP contribution is -2.27. The molecule has 10 heteroatoms. The maximum atomic E-state index is 12.3. The van der Waals surface area contributed by atoms with E-state index in [1.165, 1.54) is 0 Å². The molecule has 1 aromatic heterocycles. The number of ether oxygens (including phenoxy) is 1. The molecule has 1 atom stereocenters. The number of nitrogens with zero attached hydrogens (tertiary/aromatic N) is 2. The highest BCUT2D eigenvalue weighted by Gasteiger charge is 2.36. The number of nitrogens with one attached hydrogen (secondary N) is 1. The van der Waals surface area contributed by atoms with Gasteiger partial charge in [0.2, 0.25) is 11.0 Å². The summed E-state index contributed by atoms with van der Waals surface area (Å²) in [5, 5.41) is 3.36. The zero-order valence-electron chi connectivity index (χ0n) is 9.95. The summed E-state index contributed by atoms with van der Waals surface area (Å²) in [5.74, 6) is -2.68. The molecule has 0 unspecified atom stereocenters. The fraction of sp³-hybridized carbons (Fsp3) is 0.556. The van der Waals surface area contributed by atoms with Gasteiger partial charge in [0.25, 0.3) is 0 Å². The molecule has 0 aliphatic carbocycles. The Labute approximate surface area is 110 Å². The number of thioether (sulfide) groups is 1. The first-order valence-corrected chi connectivity index (χ1v) is 5.97. The standard InChI is InChI=1S/C9H10F3N3O3S/c1-3-18-6(17)5(4(2)16)19-8-13-7(14-15-8)9(10,11)12/h5H,3H2,1-2H3,(H,13,14,15)/t5-/m1/s1. The number of ketones is 1. The lowest BCUT2D eigenvalue weighted by molar-refractivity contribution is -0.145. The second-order valence-corrected chi connectivity index (χ2v) is 4.40. The Hall–Kier alpha value is -1.58. The van der Waals surface area contributed by atoms with E-state index in [0.29, 0.717) is 11.8 Å². The smallest absolute Gasteiger partial charge is 0.451 e. The molecule has 1 heterocycles. The lowest BCUT2D eigenvalue weighted by Gasteiger charge is -2.09. The fourth-order valence-electron chi connectivity index (χ4n) is 1.05. The number of carbonyl (C=O) groups is 2. The van der Waals surface area contributed by atoms with Crippen molar-refractivity contribution in [1.82, 2.24) is 15.2 Å². The molecule has 0 bridgehead atoms. The molecule has 0 aliphatic rings. The molecule has 0 saturated heterocycles. The summed E-state index contributed by atoms with van der Waals surface area (Å²) in [7, 11) is 0. The van der Waals surface area contributed by atoms with Crippen LogP contribution >= 0.6 is 11.8 Å². The van der Waals surface area contributed by atoms with Crippen LogP contribution in [-0.4, -0.2) is 38.8 Å². The Morgan fingerprint density at radius 3 is 2.53 bits per heavy atom. The quantitative estimate of drug-likeness (QED) is 0.503. The van der Waals surface area contributed by atoms with Gasteiger partial charge in [0.05, 0.1) is 6.61 Å². The van der Waals surface area contributed by atoms with E-state index in [9.17, 15) is 22.8 Å². The molecule has 6 nitrogen and oxygen atoms in total. The van der Waals surface area contributed by atoms with Crippen LogP contribution in [0.1, 0.15) is 19.7 Å². The van der Waals surface area contributed by atoms with E-state index in [4.69, 9.17) is 0 Å². The van der Waals surface area contributed by atoms with E-state index in [1.54, 1.807) is 12.0 Å². The zero-order valence-corrected chi connectivity index (χ0v) is 10.8. The van der Waals surface area contributed by atoms with Gasteiger partial charge in [-0.15, -0.1) is 5.10 Å². The van der Waals surface area contributed by atoms with Crippen molar-refractivity contribution < 1.29 is 27.5 Å². The SMILES string of the molecule is CCOC(=O)[C@H](Sc1n[nH]c(C(F)(F)F)n1)C(C)=O. The molecule has 0 aliphatic heterocycles. The highest BCUT2D eigenvalue weighted by Crippen LogP contribution is 2.28. The molecule has 0 amide bonds. The summed E-state index contributed by atoms with van der Waals surface area (Å²) in [6, 6.07) is 0. The summed E-state index contributed by atoms with van der Waals surface area (Å²) >= 11 is 0.504. The molecule has 0 fully saturated rings. The molecule has 0 aromatic carbocycles. The number of esters is 1. The van der Waals surface area contributed by atoms with Gasteiger partial charge in [-0.3, -0.25) is 14.7 Å². The Morgan fingerprint density at radius 1 is 1.47 bits per heavy atom. The number of alkyl halides is 3. The minimum absolute atomic E-state index is 0.0605. The monoisotopic (exact) mass is 297 g/mol. The van der Waals surface area contributed by atoms with Crippen molar-refractivity contribution in [3.8, 4) is 0 Å². The van der Waals surface area contributed by atoms with Crippen LogP contribution in [0.3, 0.4) is 0 Å². The van der Waals surface area contributed by atoms with Crippen LogP contribution < -0.4 is 0 Å². The van der Waals surface area contributed by atoms with Crippen LogP contribution in [0.4, 0.5) is 13.2 Å². The van der Waals surface area contributed by atoms with Crippen LogP contribution in [0, 0.1) is 0 Å². The van der Waals surface area contributed by atoms with E-state index >= 15 is 0 Å². The topological polar surface area (TPSA) is 84.9 Å². The molecule has 0 spiro atoms. The number of halogens is 3. The lowest BCUT2D eigenvalue weighted by atomic mass is 10.3. The van der Waals surface area contributed by atoms with Crippen molar-refractivity contribution >= 4 is 23.5 Å². The van der Waals surface area contributed by atoms with Gasteiger partial charge in [0, 0.05) is 0 Å². The third kappa shape index (κ3) is 4.23. The van der Waals surface area contributed by atoms with Crippen LogP contribution in [0.5, 0.6) is 0 Å². The van der Waals surface area contributed by atoms with E-state index in [2.05, 4.69) is 14.8 Å². The van der Waals surface area contributed by atoms with E-state index in [1.807, 2.05) is 0 Å². The van der Waals surface area contributed by atoms with Crippen LogP contribution in [0.2, 0.25) is 0 Å². The Balaban J connectivity index is 2.83. The summed E-state index contributed by atoms with van der Waals surface area (Å²) in [5.41, 5.74) is 0. The minimum atomic E-state index is -4.67. The van der Waals surface area contributed by atoms with Crippen molar-refractivity contribution in [2.24, 2.45) is 0 Å². The molecule has 1 rings (SSSR count). The summed E-state index contributed by atoms with van der Waals surface area (Å²) < 4.78 is 41.5. The number of aromatic amines is 1. The summed E-state index contributed by atoms with van der Waals surface area (Å²) in [6.07, 6.45) is -4.67. The first-order valence-electron chi connectivity index (χ1n) is 5.09. The van der Waals surface area contributed by atoms with Gasteiger partial charge in [-0.1, -0.05) is 11.8 Å². The number of Topliss-reactive ketones (excluding diaryl/α,β-unsaturated/α-hetero) is 1. The van der Waals surface area contributed by atoms with Crippen molar-refractivity contribution in [2.75, 3.05) is 6.61 Å². The fourth-order valence-corrected chi connectivity index (χ4v) is 1.83. The maximum absolute atomic E-state index is 12.3. The van der Waals surface area contributed by atoms with Gasteiger partial charge in [0.15, 0.2) is 11.0 Å². The average Bonchev–Trinajstić information content (AvgIpc) is 2.73. The molecule has 1 aromatic rings. The third-order valence-electron chi connectivity index (χ3n) is 1.83. The Kier molecular flexibility index (Phi) is 4.92. The van der Waals surface area contributed by atoms with Crippen molar-refractivity contribution in [1.29, 1.82) is 0 Å². The van der Waals surface area contributed by atoms with Gasteiger partial charge < -0.3 is 4.74 Å². The number of rotatable bonds is 5. The molecule has 106 valence electrons. The average molecular weight is 297 g/mol. The molecule has 1 N–H and O–H groups in total. The van der Waals surface area contributed by atoms with Crippen molar-refractivity contribution in [3.63, 3.8) is 0 Å². The molecule has 0 radical (unpaired) electrons. The van der Waals surface area contributed by atoms with Gasteiger partial charge in [-0.2, -0.15) is 18.2 Å².